The molecule has 2 rings (SSSR count). The zero-order valence-corrected chi connectivity index (χ0v) is 15.2. The second kappa shape index (κ2) is 6.96. The van der Waals surface area contributed by atoms with Gasteiger partial charge in [0.25, 0.3) is 0 Å². The predicted octanol–water partition coefficient (Wildman–Crippen LogP) is 5.22. The van der Waals surface area contributed by atoms with Gasteiger partial charge in [-0.05, 0) is 63.4 Å². The van der Waals surface area contributed by atoms with Crippen LogP contribution in [0.2, 0.25) is 5.02 Å². The third-order valence-electron chi connectivity index (χ3n) is 2.95. The number of benzene rings is 1. The monoisotopic (exact) mass is 420 g/mol. The van der Waals surface area contributed by atoms with Crippen molar-refractivity contribution < 1.29 is 4.74 Å². The molecule has 0 saturated carbocycles. The van der Waals surface area contributed by atoms with Gasteiger partial charge >= 0.3 is 0 Å². The van der Waals surface area contributed by atoms with Crippen LogP contribution in [-0.4, -0.2) is 9.78 Å². The van der Waals surface area contributed by atoms with Gasteiger partial charge in [-0.25, -0.2) is 0 Å². The zero-order valence-electron chi connectivity index (χ0n) is 11.3. The minimum absolute atomic E-state index is 0.460. The van der Waals surface area contributed by atoms with Gasteiger partial charge in [-0.15, -0.1) is 0 Å². The number of ether oxygens (including phenoxy) is 1. The Kier molecular flexibility index (Phi) is 5.52. The number of hydrogen-bond donors (Lipinski definition) is 0. The van der Waals surface area contributed by atoms with Crippen LogP contribution in [0.3, 0.4) is 0 Å². The molecule has 0 saturated heterocycles. The van der Waals surface area contributed by atoms with E-state index in [-0.39, 0.29) is 0 Å². The number of aryl methyl sites for hydroxylation is 2. The average molecular weight is 423 g/mol. The maximum Gasteiger partial charge on any atom is 0.134 e. The molecule has 0 aliphatic heterocycles. The molecular weight excluding hydrogens is 407 g/mol. The minimum atomic E-state index is 0.460. The Hall–Kier alpha value is -0.520. The van der Waals surface area contributed by atoms with Crippen molar-refractivity contribution in [2.24, 2.45) is 0 Å². The van der Waals surface area contributed by atoms with Crippen LogP contribution < -0.4 is 4.74 Å². The highest BCUT2D eigenvalue weighted by Crippen LogP contribution is 2.30. The standard InChI is InChI=1S/C14H15Br2ClN2O/c1-3-11-14(16)12(19(4-2)18-11)8-20-13-6-5-9(17)7-10(13)15/h5-7H,3-4,8H2,1-2H3. The molecule has 0 spiro atoms. The van der Waals surface area contributed by atoms with Gasteiger partial charge in [0.15, 0.2) is 0 Å². The Morgan fingerprint density at radius 3 is 2.65 bits per heavy atom. The van der Waals surface area contributed by atoms with E-state index < -0.39 is 0 Å². The molecule has 0 bridgehead atoms. The molecule has 1 aromatic heterocycles. The van der Waals surface area contributed by atoms with Gasteiger partial charge in [-0.1, -0.05) is 18.5 Å². The summed E-state index contributed by atoms with van der Waals surface area (Å²) in [6.07, 6.45) is 0.894. The molecule has 2 aromatic rings. The van der Waals surface area contributed by atoms with E-state index in [9.17, 15) is 0 Å². The zero-order chi connectivity index (χ0) is 14.7. The largest absolute Gasteiger partial charge is 0.486 e. The second-order valence-electron chi connectivity index (χ2n) is 4.24. The third-order valence-corrected chi connectivity index (χ3v) is 4.72. The lowest BCUT2D eigenvalue weighted by molar-refractivity contribution is 0.290. The SMILES string of the molecule is CCc1nn(CC)c(COc2ccc(Cl)cc2Br)c1Br. The van der Waals surface area contributed by atoms with Crippen LogP contribution in [0.25, 0.3) is 0 Å². The summed E-state index contributed by atoms with van der Waals surface area (Å²) in [5.41, 5.74) is 2.10. The summed E-state index contributed by atoms with van der Waals surface area (Å²) in [6.45, 7) is 5.44. The van der Waals surface area contributed by atoms with Crippen LogP contribution in [0, 0.1) is 0 Å². The Bertz CT molecular complexity index is 613. The van der Waals surface area contributed by atoms with E-state index >= 15 is 0 Å². The van der Waals surface area contributed by atoms with Gasteiger partial charge in [-0.2, -0.15) is 5.10 Å². The summed E-state index contributed by atoms with van der Waals surface area (Å²) in [5.74, 6) is 0.767. The predicted molar refractivity (Wildman–Crippen MR) is 88.5 cm³/mol. The van der Waals surface area contributed by atoms with Crippen molar-refractivity contribution >= 4 is 43.5 Å². The van der Waals surface area contributed by atoms with Gasteiger partial charge in [-0.3, -0.25) is 4.68 Å². The van der Waals surface area contributed by atoms with Crippen LogP contribution in [-0.2, 0) is 19.6 Å². The summed E-state index contributed by atoms with van der Waals surface area (Å²) < 4.78 is 9.71. The fraction of sp³-hybridized carbons (Fsp3) is 0.357. The molecule has 0 fully saturated rings. The van der Waals surface area contributed by atoms with Crippen molar-refractivity contribution in [3.05, 3.63) is 43.6 Å². The molecule has 0 atom stereocenters. The lowest BCUT2D eigenvalue weighted by Crippen LogP contribution is -2.06. The van der Waals surface area contributed by atoms with E-state index in [2.05, 4.69) is 50.8 Å². The lowest BCUT2D eigenvalue weighted by Gasteiger charge is -2.10. The maximum absolute atomic E-state index is 5.92. The number of nitrogens with zero attached hydrogens (tertiary/aromatic N) is 2. The smallest absolute Gasteiger partial charge is 0.134 e. The van der Waals surface area contributed by atoms with Crippen molar-refractivity contribution in [3.8, 4) is 5.75 Å². The van der Waals surface area contributed by atoms with Crippen molar-refractivity contribution in [3.63, 3.8) is 0 Å². The summed E-state index contributed by atoms with van der Waals surface area (Å²) in [7, 11) is 0. The van der Waals surface area contributed by atoms with Gasteiger partial charge < -0.3 is 4.74 Å². The lowest BCUT2D eigenvalue weighted by atomic mass is 10.3. The fourth-order valence-corrected chi connectivity index (χ4v) is 3.37. The molecular formula is C14H15Br2ClN2O. The van der Waals surface area contributed by atoms with Gasteiger partial charge in [0.1, 0.15) is 12.4 Å². The van der Waals surface area contributed by atoms with E-state index in [1.54, 1.807) is 0 Å². The van der Waals surface area contributed by atoms with Crippen LogP contribution in [0.5, 0.6) is 5.75 Å². The van der Waals surface area contributed by atoms with Crippen LogP contribution in [0.4, 0.5) is 0 Å². The molecule has 3 nitrogen and oxygen atoms in total. The van der Waals surface area contributed by atoms with Crippen molar-refractivity contribution in [2.45, 2.75) is 33.4 Å². The van der Waals surface area contributed by atoms with E-state index in [1.807, 2.05) is 22.9 Å². The molecule has 1 heterocycles. The first-order valence-electron chi connectivity index (χ1n) is 6.38. The number of rotatable bonds is 5. The molecule has 0 N–H and O–H groups in total. The summed E-state index contributed by atoms with van der Waals surface area (Å²) in [5, 5.41) is 5.23. The number of aromatic nitrogens is 2. The van der Waals surface area contributed by atoms with Gasteiger partial charge in [0.2, 0.25) is 0 Å². The highest BCUT2D eigenvalue weighted by molar-refractivity contribution is 9.10. The molecule has 6 heteroatoms. The molecule has 1 aromatic carbocycles. The maximum atomic E-state index is 5.92. The first kappa shape index (κ1) is 15.9. The molecule has 0 radical (unpaired) electrons. The molecule has 108 valence electrons. The Balaban J connectivity index is 2.20. The first-order valence-corrected chi connectivity index (χ1v) is 8.35. The summed E-state index contributed by atoms with van der Waals surface area (Å²) in [4.78, 5) is 0. The van der Waals surface area contributed by atoms with Crippen LogP contribution in [0.1, 0.15) is 25.2 Å². The molecule has 0 aliphatic carbocycles. The van der Waals surface area contributed by atoms with E-state index in [0.717, 1.165) is 39.0 Å². The first-order chi connectivity index (χ1) is 9.56. The van der Waals surface area contributed by atoms with E-state index in [4.69, 9.17) is 16.3 Å². The molecule has 0 aliphatic rings. The minimum Gasteiger partial charge on any atom is -0.486 e. The second-order valence-corrected chi connectivity index (χ2v) is 6.32. The number of halogens is 3. The van der Waals surface area contributed by atoms with E-state index in [0.29, 0.717) is 11.6 Å². The highest BCUT2D eigenvalue weighted by Gasteiger charge is 2.14. The third kappa shape index (κ3) is 3.38. The van der Waals surface area contributed by atoms with E-state index in [1.165, 1.54) is 0 Å². The highest BCUT2D eigenvalue weighted by atomic mass is 79.9. The van der Waals surface area contributed by atoms with Gasteiger partial charge in [0.05, 0.1) is 20.3 Å². The fourth-order valence-electron chi connectivity index (χ4n) is 1.89. The van der Waals surface area contributed by atoms with Crippen molar-refractivity contribution in [1.82, 2.24) is 9.78 Å². The molecule has 0 amide bonds. The quantitative estimate of drug-likeness (QED) is 0.660. The average Bonchev–Trinajstić information content (AvgIpc) is 2.74. The Morgan fingerprint density at radius 2 is 2.05 bits per heavy atom. The van der Waals surface area contributed by atoms with Crippen LogP contribution >= 0.6 is 43.5 Å². The van der Waals surface area contributed by atoms with Crippen LogP contribution in [0.15, 0.2) is 27.1 Å². The molecule has 0 unspecified atom stereocenters. The summed E-state index contributed by atoms with van der Waals surface area (Å²) >= 11 is 13.0. The summed E-state index contributed by atoms with van der Waals surface area (Å²) in [6, 6.07) is 5.49. The number of hydrogen-bond acceptors (Lipinski definition) is 2. The van der Waals surface area contributed by atoms with Crippen molar-refractivity contribution in [1.29, 1.82) is 0 Å². The normalized spacial score (nSPS) is 10.8. The van der Waals surface area contributed by atoms with Gasteiger partial charge in [0, 0.05) is 11.6 Å². The Labute approximate surface area is 140 Å². The topological polar surface area (TPSA) is 27.1 Å². The van der Waals surface area contributed by atoms with Crippen molar-refractivity contribution in [2.75, 3.05) is 0 Å². The Morgan fingerprint density at radius 1 is 1.30 bits per heavy atom. The molecule has 20 heavy (non-hydrogen) atoms.